The molecule has 2 heterocycles. The normalized spacial score (nSPS) is 17.3. The van der Waals surface area contributed by atoms with E-state index in [1.54, 1.807) is 24.2 Å². The molecular formula is C18H21ClN4OS. The average molecular weight is 377 g/mol. The van der Waals surface area contributed by atoms with Gasteiger partial charge in [0.15, 0.2) is 0 Å². The smallest absolute Gasteiger partial charge is 0.230 e. The molecule has 1 aliphatic rings. The molecule has 2 aromatic rings. The number of benzene rings is 1. The third kappa shape index (κ3) is 5.34. The van der Waals surface area contributed by atoms with Crippen LogP contribution in [0.25, 0.3) is 0 Å². The maximum absolute atomic E-state index is 12.2. The monoisotopic (exact) mass is 376 g/mol. The number of halogens is 1. The van der Waals surface area contributed by atoms with Gasteiger partial charge in [-0.05, 0) is 30.5 Å². The number of carbonyl (C=O) groups excluding carboxylic acids is 1. The standard InChI is InChI=1S/C18H21ClN4OS/c19-16-7-2-1-5-14(16)12-25-13-17(24)22-15-6-3-10-23(11-15)18-20-8-4-9-21-18/h1-2,4-5,7-9,15H,3,6,10-13H2,(H,22,24)/t15-/m1/s1. The highest BCUT2D eigenvalue weighted by Crippen LogP contribution is 2.21. The molecule has 3 rings (SSSR count). The number of nitrogens with one attached hydrogen (secondary N) is 1. The van der Waals surface area contributed by atoms with E-state index in [4.69, 9.17) is 11.6 Å². The molecule has 1 atom stereocenters. The van der Waals surface area contributed by atoms with Crippen LogP contribution >= 0.6 is 23.4 Å². The molecule has 1 N–H and O–H groups in total. The van der Waals surface area contributed by atoms with Crippen LogP contribution in [0, 0.1) is 0 Å². The van der Waals surface area contributed by atoms with Crippen molar-refractivity contribution in [3.8, 4) is 0 Å². The number of nitrogens with zero attached hydrogens (tertiary/aromatic N) is 3. The number of piperidine rings is 1. The molecule has 0 spiro atoms. The molecular weight excluding hydrogens is 356 g/mol. The summed E-state index contributed by atoms with van der Waals surface area (Å²) in [5.41, 5.74) is 1.06. The third-order valence-electron chi connectivity index (χ3n) is 4.07. The summed E-state index contributed by atoms with van der Waals surface area (Å²) in [6.45, 7) is 1.68. The zero-order valence-corrected chi connectivity index (χ0v) is 15.5. The summed E-state index contributed by atoms with van der Waals surface area (Å²) < 4.78 is 0. The topological polar surface area (TPSA) is 58.1 Å². The lowest BCUT2D eigenvalue weighted by Crippen LogP contribution is -2.48. The number of anilines is 1. The molecule has 1 saturated heterocycles. The molecule has 1 aliphatic heterocycles. The second kappa shape index (κ2) is 9.06. The molecule has 25 heavy (non-hydrogen) atoms. The molecule has 1 aromatic heterocycles. The quantitative estimate of drug-likeness (QED) is 0.839. The summed E-state index contributed by atoms with van der Waals surface area (Å²) in [4.78, 5) is 22.9. The van der Waals surface area contributed by atoms with E-state index in [1.807, 2.05) is 30.3 Å². The Balaban J connectivity index is 1.44. The molecule has 0 aliphatic carbocycles. The molecule has 0 radical (unpaired) electrons. The molecule has 1 fully saturated rings. The van der Waals surface area contributed by atoms with E-state index < -0.39 is 0 Å². The number of rotatable bonds is 6. The van der Waals surface area contributed by atoms with Crippen molar-refractivity contribution in [2.24, 2.45) is 0 Å². The van der Waals surface area contributed by atoms with Gasteiger partial charge in [0.2, 0.25) is 11.9 Å². The summed E-state index contributed by atoms with van der Waals surface area (Å²) in [6.07, 6.45) is 5.51. The maximum Gasteiger partial charge on any atom is 0.230 e. The Hall–Kier alpha value is -1.79. The van der Waals surface area contributed by atoms with Crippen LogP contribution in [-0.4, -0.2) is 40.8 Å². The Morgan fingerprint density at radius 2 is 2.08 bits per heavy atom. The van der Waals surface area contributed by atoms with Gasteiger partial charge in [-0.25, -0.2) is 9.97 Å². The lowest BCUT2D eigenvalue weighted by molar-refractivity contribution is -0.119. The minimum atomic E-state index is 0.0675. The van der Waals surface area contributed by atoms with Gasteiger partial charge in [-0.3, -0.25) is 4.79 Å². The summed E-state index contributed by atoms with van der Waals surface area (Å²) in [5.74, 6) is 1.97. The van der Waals surface area contributed by atoms with Gasteiger partial charge in [-0.2, -0.15) is 0 Å². The SMILES string of the molecule is O=C(CSCc1ccccc1Cl)N[C@@H]1CCCN(c2ncccn2)C1. The first kappa shape index (κ1) is 18.0. The van der Waals surface area contributed by atoms with Crippen LogP contribution < -0.4 is 10.2 Å². The van der Waals surface area contributed by atoms with Crippen molar-refractivity contribution < 1.29 is 4.79 Å². The summed E-state index contributed by atoms with van der Waals surface area (Å²) in [5, 5.41) is 3.88. The lowest BCUT2D eigenvalue weighted by atomic mass is 10.1. The predicted molar refractivity (Wildman–Crippen MR) is 103 cm³/mol. The van der Waals surface area contributed by atoms with Gasteiger partial charge in [0.25, 0.3) is 0 Å². The number of hydrogen-bond acceptors (Lipinski definition) is 5. The molecule has 0 saturated carbocycles. The average Bonchev–Trinajstić information content (AvgIpc) is 2.64. The zero-order chi connectivity index (χ0) is 17.5. The van der Waals surface area contributed by atoms with Crippen molar-refractivity contribution in [1.29, 1.82) is 0 Å². The Morgan fingerprint density at radius 1 is 1.28 bits per heavy atom. The van der Waals surface area contributed by atoms with Crippen LogP contribution in [0.3, 0.4) is 0 Å². The van der Waals surface area contributed by atoms with Crippen molar-refractivity contribution in [3.05, 3.63) is 53.3 Å². The number of carbonyl (C=O) groups is 1. The highest BCUT2D eigenvalue weighted by Gasteiger charge is 2.22. The van der Waals surface area contributed by atoms with E-state index in [-0.39, 0.29) is 11.9 Å². The number of thioether (sulfide) groups is 1. The largest absolute Gasteiger partial charge is 0.351 e. The van der Waals surface area contributed by atoms with Crippen molar-refractivity contribution in [2.45, 2.75) is 24.6 Å². The van der Waals surface area contributed by atoms with E-state index >= 15 is 0 Å². The second-order valence-corrected chi connectivity index (χ2v) is 7.38. The van der Waals surface area contributed by atoms with E-state index in [0.717, 1.165) is 48.2 Å². The maximum atomic E-state index is 12.2. The molecule has 1 aromatic carbocycles. The van der Waals surface area contributed by atoms with Crippen LogP contribution in [0.1, 0.15) is 18.4 Å². The van der Waals surface area contributed by atoms with E-state index in [1.165, 1.54) is 0 Å². The predicted octanol–water partition coefficient (Wildman–Crippen LogP) is 3.15. The summed E-state index contributed by atoms with van der Waals surface area (Å²) in [6, 6.07) is 9.69. The molecule has 7 heteroatoms. The van der Waals surface area contributed by atoms with E-state index in [2.05, 4.69) is 20.2 Å². The molecule has 1 amide bonds. The fraction of sp³-hybridized carbons (Fsp3) is 0.389. The van der Waals surface area contributed by atoms with E-state index in [0.29, 0.717) is 5.75 Å². The van der Waals surface area contributed by atoms with Gasteiger partial charge < -0.3 is 10.2 Å². The molecule has 0 bridgehead atoms. The van der Waals surface area contributed by atoms with Gasteiger partial charge in [0.1, 0.15) is 0 Å². The minimum absolute atomic E-state index is 0.0675. The zero-order valence-electron chi connectivity index (χ0n) is 13.9. The van der Waals surface area contributed by atoms with Gasteiger partial charge in [0, 0.05) is 42.3 Å². The third-order valence-corrected chi connectivity index (χ3v) is 5.42. The van der Waals surface area contributed by atoms with Crippen LogP contribution in [0.5, 0.6) is 0 Å². The Kier molecular flexibility index (Phi) is 6.53. The molecule has 5 nitrogen and oxygen atoms in total. The van der Waals surface area contributed by atoms with Gasteiger partial charge in [-0.1, -0.05) is 29.8 Å². The van der Waals surface area contributed by atoms with Crippen LogP contribution in [0.4, 0.5) is 5.95 Å². The Labute approximate surface area is 157 Å². The van der Waals surface area contributed by atoms with Crippen LogP contribution in [-0.2, 0) is 10.5 Å². The second-order valence-electron chi connectivity index (χ2n) is 5.99. The van der Waals surface area contributed by atoms with Crippen molar-refractivity contribution >= 4 is 35.2 Å². The van der Waals surface area contributed by atoms with Crippen molar-refractivity contribution in [3.63, 3.8) is 0 Å². The summed E-state index contributed by atoms with van der Waals surface area (Å²) >= 11 is 7.72. The highest BCUT2D eigenvalue weighted by atomic mass is 35.5. The van der Waals surface area contributed by atoms with E-state index in [9.17, 15) is 4.79 Å². The molecule has 132 valence electrons. The first-order valence-corrected chi connectivity index (χ1v) is 9.88. The number of amides is 1. The number of hydrogen-bond donors (Lipinski definition) is 1. The van der Waals surface area contributed by atoms with Crippen LogP contribution in [0.15, 0.2) is 42.7 Å². The van der Waals surface area contributed by atoms with Crippen LogP contribution in [0.2, 0.25) is 5.02 Å². The Bertz CT molecular complexity index is 700. The van der Waals surface area contributed by atoms with Gasteiger partial charge in [0.05, 0.1) is 5.75 Å². The lowest BCUT2D eigenvalue weighted by Gasteiger charge is -2.33. The van der Waals surface area contributed by atoms with Gasteiger partial charge >= 0.3 is 0 Å². The fourth-order valence-corrected chi connectivity index (χ4v) is 3.99. The van der Waals surface area contributed by atoms with Crippen molar-refractivity contribution in [2.75, 3.05) is 23.7 Å². The Morgan fingerprint density at radius 3 is 2.88 bits per heavy atom. The number of aromatic nitrogens is 2. The fourth-order valence-electron chi connectivity index (χ4n) is 2.87. The highest BCUT2D eigenvalue weighted by molar-refractivity contribution is 7.99. The van der Waals surface area contributed by atoms with Crippen molar-refractivity contribution in [1.82, 2.24) is 15.3 Å². The first-order chi connectivity index (χ1) is 12.2. The first-order valence-electron chi connectivity index (χ1n) is 8.35. The minimum Gasteiger partial charge on any atom is -0.351 e. The summed E-state index contributed by atoms with van der Waals surface area (Å²) in [7, 11) is 0. The molecule has 0 unspecified atom stereocenters. The van der Waals surface area contributed by atoms with Gasteiger partial charge in [-0.15, -0.1) is 11.8 Å².